The van der Waals surface area contributed by atoms with Gasteiger partial charge in [0.1, 0.15) is 5.82 Å². The molecule has 0 aliphatic carbocycles. The van der Waals surface area contributed by atoms with Crippen molar-refractivity contribution in [1.29, 1.82) is 0 Å². The van der Waals surface area contributed by atoms with Crippen LogP contribution in [-0.4, -0.2) is 49.1 Å². The van der Waals surface area contributed by atoms with E-state index in [9.17, 15) is 4.79 Å². The predicted molar refractivity (Wildman–Crippen MR) is 71.9 cm³/mol. The monoisotopic (exact) mass is 251 g/mol. The third kappa shape index (κ3) is 4.00. The highest BCUT2D eigenvalue weighted by molar-refractivity contribution is 5.94. The lowest BCUT2D eigenvalue weighted by Gasteiger charge is -2.20. The predicted octanol–water partition coefficient (Wildman–Crippen LogP) is 1.62. The fraction of sp³-hybridized carbons (Fsp3) is 0.538. The third-order valence-corrected chi connectivity index (χ3v) is 2.60. The van der Waals surface area contributed by atoms with E-state index in [1.165, 1.54) is 0 Å². The minimum absolute atomic E-state index is 0.0103. The second-order valence-electron chi connectivity index (χ2n) is 3.84. The maximum absolute atomic E-state index is 12.3. The molecule has 0 aliphatic rings. The molecule has 0 radical (unpaired) electrons. The van der Waals surface area contributed by atoms with Crippen molar-refractivity contribution < 1.29 is 9.53 Å². The lowest BCUT2D eigenvalue weighted by molar-refractivity contribution is 0.0706. The Balaban J connectivity index is 2.77. The van der Waals surface area contributed by atoms with Gasteiger partial charge in [-0.3, -0.25) is 4.79 Å². The molecule has 0 aliphatic heterocycles. The number of amides is 1. The molecule has 100 valence electrons. The van der Waals surface area contributed by atoms with E-state index in [1.54, 1.807) is 30.3 Å². The molecule has 1 N–H and O–H groups in total. The number of nitrogens with one attached hydrogen (secondary N) is 1. The van der Waals surface area contributed by atoms with Gasteiger partial charge in [-0.15, -0.1) is 0 Å². The number of rotatable bonds is 7. The fourth-order valence-corrected chi connectivity index (χ4v) is 1.63. The normalized spacial score (nSPS) is 10.2. The second kappa shape index (κ2) is 7.66. The zero-order chi connectivity index (χ0) is 13.4. The average Bonchev–Trinajstić information content (AvgIpc) is 2.40. The van der Waals surface area contributed by atoms with Gasteiger partial charge >= 0.3 is 0 Å². The number of carbonyl (C=O) groups excluding carboxylic acids is 1. The van der Waals surface area contributed by atoms with Gasteiger partial charge in [0, 0.05) is 38.5 Å². The number of anilines is 1. The standard InChI is InChI=1S/C13H21N3O2/c1-4-14-12-10-11(6-7-15-12)13(17)16(5-2)8-9-18-3/h6-7,10H,4-5,8-9H2,1-3H3,(H,14,15). The third-order valence-electron chi connectivity index (χ3n) is 2.60. The van der Waals surface area contributed by atoms with E-state index < -0.39 is 0 Å². The van der Waals surface area contributed by atoms with Crippen LogP contribution >= 0.6 is 0 Å². The second-order valence-corrected chi connectivity index (χ2v) is 3.84. The van der Waals surface area contributed by atoms with Crippen LogP contribution in [0.5, 0.6) is 0 Å². The highest BCUT2D eigenvalue weighted by atomic mass is 16.5. The first-order valence-electron chi connectivity index (χ1n) is 6.21. The smallest absolute Gasteiger partial charge is 0.254 e. The molecule has 0 bridgehead atoms. The molecule has 1 amide bonds. The van der Waals surface area contributed by atoms with Crippen LogP contribution in [0.3, 0.4) is 0 Å². The number of hydrogen-bond acceptors (Lipinski definition) is 4. The number of carbonyl (C=O) groups is 1. The van der Waals surface area contributed by atoms with Gasteiger partial charge in [-0.1, -0.05) is 0 Å². The van der Waals surface area contributed by atoms with Gasteiger partial charge in [0.05, 0.1) is 6.61 Å². The summed E-state index contributed by atoms with van der Waals surface area (Å²) in [6.45, 7) is 6.55. The molecule has 0 saturated carbocycles. The number of hydrogen-bond donors (Lipinski definition) is 1. The summed E-state index contributed by atoms with van der Waals surface area (Å²) in [5, 5.41) is 3.10. The van der Waals surface area contributed by atoms with Gasteiger partial charge in [-0.05, 0) is 26.0 Å². The molecule has 0 atom stereocenters. The fourth-order valence-electron chi connectivity index (χ4n) is 1.63. The minimum atomic E-state index is 0.0103. The largest absolute Gasteiger partial charge is 0.383 e. The summed E-state index contributed by atoms with van der Waals surface area (Å²) in [5.41, 5.74) is 0.652. The topological polar surface area (TPSA) is 54.5 Å². The lowest BCUT2D eigenvalue weighted by Crippen LogP contribution is -2.33. The molecule has 1 heterocycles. The summed E-state index contributed by atoms with van der Waals surface area (Å²) in [6, 6.07) is 3.51. The van der Waals surface area contributed by atoms with Crippen molar-refractivity contribution in [2.45, 2.75) is 13.8 Å². The van der Waals surface area contributed by atoms with Crippen molar-refractivity contribution in [1.82, 2.24) is 9.88 Å². The molecule has 0 spiro atoms. The van der Waals surface area contributed by atoms with Crippen molar-refractivity contribution >= 4 is 11.7 Å². The molecule has 1 rings (SSSR count). The summed E-state index contributed by atoms with van der Waals surface area (Å²) in [6.07, 6.45) is 1.65. The average molecular weight is 251 g/mol. The van der Waals surface area contributed by atoms with Crippen LogP contribution in [-0.2, 0) is 4.74 Å². The minimum Gasteiger partial charge on any atom is -0.383 e. The van der Waals surface area contributed by atoms with Crippen LogP contribution in [0, 0.1) is 0 Å². The Labute approximate surface area is 108 Å². The molecule has 18 heavy (non-hydrogen) atoms. The highest BCUT2D eigenvalue weighted by Crippen LogP contribution is 2.09. The van der Waals surface area contributed by atoms with E-state index in [2.05, 4.69) is 10.3 Å². The van der Waals surface area contributed by atoms with Crippen molar-refractivity contribution in [3.63, 3.8) is 0 Å². The lowest BCUT2D eigenvalue weighted by atomic mass is 10.2. The van der Waals surface area contributed by atoms with Gasteiger partial charge < -0.3 is 15.0 Å². The van der Waals surface area contributed by atoms with E-state index in [-0.39, 0.29) is 5.91 Å². The summed E-state index contributed by atoms with van der Waals surface area (Å²) in [7, 11) is 1.63. The first-order valence-corrected chi connectivity index (χ1v) is 6.21. The Morgan fingerprint density at radius 1 is 1.50 bits per heavy atom. The van der Waals surface area contributed by atoms with Crippen LogP contribution in [0.4, 0.5) is 5.82 Å². The first-order chi connectivity index (χ1) is 8.72. The summed E-state index contributed by atoms with van der Waals surface area (Å²) >= 11 is 0. The van der Waals surface area contributed by atoms with E-state index in [4.69, 9.17) is 4.74 Å². The highest BCUT2D eigenvalue weighted by Gasteiger charge is 2.14. The van der Waals surface area contributed by atoms with Crippen LogP contribution < -0.4 is 5.32 Å². The van der Waals surface area contributed by atoms with Crippen LogP contribution in [0.25, 0.3) is 0 Å². The first kappa shape index (κ1) is 14.4. The molecule has 0 aromatic carbocycles. The van der Waals surface area contributed by atoms with Crippen molar-refractivity contribution in [2.24, 2.45) is 0 Å². The van der Waals surface area contributed by atoms with Crippen molar-refractivity contribution in [3.8, 4) is 0 Å². The van der Waals surface area contributed by atoms with Crippen LogP contribution in [0.1, 0.15) is 24.2 Å². The SMILES string of the molecule is CCNc1cc(C(=O)N(CC)CCOC)ccn1. The molecule has 0 saturated heterocycles. The van der Waals surface area contributed by atoms with Crippen molar-refractivity contribution in [3.05, 3.63) is 23.9 Å². The number of nitrogens with zero attached hydrogens (tertiary/aromatic N) is 2. The van der Waals surface area contributed by atoms with E-state index in [0.29, 0.717) is 25.3 Å². The Morgan fingerprint density at radius 3 is 2.89 bits per heavy atom. The van der Waals surface area contributed by atoms with Gasteiger partial charge in [0.25, 0.3) is 5.91 Å². The summed E-state index contributed by atoms with van der Waals surface area (Å²) in [5.74, 6) is 0.738. The summed E-state index contributed by atoms with van der Waals surface area (Å²) in [4.78, 5) is 18.2. The number of aromatic nitrogens is 1. The molecule has 1 aromatic heterocycles. The van der Waals surface area contributed by atoms with E-state index >= 15 is 0 Å². The Morgan fingerprint density at radius 2 is 2.28 bits per heavy atom. The quantitative estimate of drug-likeness (QED) is 0.800. The molecular formula is C13H21N3O2. The number of pyridine rings is 1. The van der Waals surface area contributed by atoms with Gasteiger partial charge in [-0.2, -0.15) is 0 Å². The van der Waals surface area contributed by atoms with Crippen molar-refractivity contribution in [2.75, 3.05) is 38.7 Å². The van der Waals surface area contributed by atoms with Gasteiger partial charge in [-0.25, -0.2) is 4.98 Å². The van der Waals surface area contributed by atoms with Gasteiger partial charge in [0.2, 0.25) is 0 Å². The Kier molecular flexibility index (Phi) is 6.14. The molecule has 0 unspecified atom stereocenters. The molecule has 5 nitrogen and oxygen atoms in total. The maximum Gasteiger partial charge on any atom is 0.254 e. The molecule has 0 fully saturated rings. The molecule has 5 heteroatoms. The number of methoxy groups -OCH3 is 1. The zero-order valence-electron chi connectivity index (χ0n) is 11.3. The van der Waals surface area contributed by atoms with Crippen LogP contribution in [0.2, 0.25) is 0 Å². The van der Waals surface area contributed by atoms with Crippen LogP contribution in [0.15, 0.2) is 18.3 Å². The molecular weight excluding hydrogens is 230 g/mol. The van der Waals surface area contributed by atoms with Gasteiger partial charge in [0.15, 0.2) is 0 Å². The maximum atomic E-state index is 12.3. The zero-order valence-corrected chi connectivity index (χ0v) is 11.3. The van der Waals surface area contributed by atoms with E-state index in [0.717, 1.165) is 12.4 Å². The summed E-state index contributed by atoms with van der Waals surface area (Å²) < 4.78 is 5.00. The molecule has 1 aromatic rings. The number of ether oxygens (including phenoxy) is 1. The Bertz CT molecular complexity index is 382. The number of likely N-dealkylation sites (N-methyl/N-ethyl adjacent to an activating group) is 1. The van der Waals surface area contributed by atoms with E-state index in [1.807, 2.05) is 13.8 Å². The Hall–Kier alpha value is -1.62.